The molecule has 0 aliphatic heterocycles. The number of carbonyl (C=O) groups is 1. The minimum Gasteiger partial charge on any atom is -0.481 e. The molecule has 0 heterocycles. The molecule has 0 aliphatic carbocycles. The van der Waals surface area contributed by atoms with Gasteiger partial charge >= 0.3 is 5.97 Å². The van der Waals surface area contributed by atoms with Gasteiger partial charge < -0.3 is 10.2 Å². The van der Waals surface area contributed by atoms with Crippen molar-refractivity contribution < 1.29 is 15.0 Å². The molecule has 0 saturated carbocycles. The molecule has 0 spiro atoms. The molecule has 0 bridgehead atoms. The summed E-state index contributed by atoms with van der Waals surface area (Å²) in [5, 5.41) is 18.4. The van der Waals surface area contributed by atoms with Crippen LogP contribution in [0.15, 0.2) is 0 Å². The van der Waals surface area contributed by atoms with E-state index in [1.807, 2.05) is 13.8 Å². The largest absolute Gasteiger partial charge is 0.481 e. The quantitative estimate of drug-likeness (QED) is 0.694. The van der Waals surface area contributed by atoms with Crippen LogP contribution in [-0.2, 0) is 4.79 Å². The molecule has 1 atom stereocenters. The predicted octanol–water partition coefficient (Wildman–Crippen LogP) is 2.28. The summed E-state index contributed by atoms with van der Waals surface area (Å²) in [6, 6.07) is 0. The van der Waals surface area contributed by atoms with Gasteiger partial charge in [0.05, 0.1) is 11.5 Å². The lowest BCUT2D eigenvalue weighted by atomic mass is 9.89. The van der Waals surface area contributed by atoms with E-state index in [-0.39, 0.29) is 5.92 Å². The molecule has 0 saturated heterocycles. The molecule has 0 aromatic rings. The summed E-state index contributed by atoms with van der Waals surface area (Å²) >= 11 is 0. The lowest BCUT2D eigenvalue weighted by Crippen LogP contribution is -2.23. The van der Waals surface area contributed by atoms with Gasteiger partial charge in [0, 0.05) is 0 Å². The van der Waals surface area contributed by atoms with Crippen molar-refractivity contribution in [1.29, 1.82) is 0 Å². The van der Waals surface area contributed by atoms with Crippen molar-refractivity contribution in [2.45, 2.75) is 52.6 Å². The molecule has 3 nitrogen and oxygen atoms in total. The molecule has 1 unspecified atom stereocenters. The molecule has 2 N–H and O–H groups in total. The van der Waals surface area contributed by atoms with Gasteiger partial charge in [0.25, 0.3) is 0 Å². The third-order valence-corrected chi connectivity index (χ3v) is 2.21. The van der Waals surface area contributed by atoms with Gasteiger partial charge in [0.1, 0.15) is 0 Å². The Hall–Kier alpha value is -0.570. The van der Waals surface area contributed by atoms with Gasteiger partial charge in [-0.05, 0) is 39.0 Å². The fraction of sp³-hybridized carbons (Fsp3) is 0.909. The Bertz CT molecular complexity index is 179. The number of aliphatic carboxylic acids is 1. The Morgan fingerprint density at radius 3 is 2.14 bits per heavy atom. The molecule has 0 radical (unpaired) electrons. The molecule has 0 fully saturated rings. The van der Waals surface area contributed by atoms with Gasteiger partial charge in [0.2, 0.25) is 0 Å². The van der Waals surface area contributed by atoms with E-state index in [9.17, 15) is 9.90 Å². The lowest BCUT2D eigenvalue weighted by molar-refractivity contribution is -0.142. The van der Waals surface area contributed by atoms with Crippen LogP contribution in [-0.4, -0.2) is 21.8 Å². The maximum atomic E-state index is 10.9. The Kier molecular flexibility index (Phi) is 5.13. The normalized spacial score (nSPS) is 14.4. The van der Waals surface area contributed by atoms with Crippen molar-refractivity contribution in [3.63, 3.8) is 0 Å². The summed E-state index contributed by atoms with van der Waals surface area (Å²) in [5.74, 6) is -0.678. The summed E-state index contributed by atoms with van der Waals surface area (Å²) in [4.78, 5) is 10.9. The highest BCUT2D eigenvalue weighted by Gasteiger charge is 2.22. The Morgan fingerprint density at radius 2 is 1.86 bits per heavy atom. The van der Waals surface area contributed by atoms with Crippen molar-refractivity contribution in [3.8, 4) is 0 Å². The molecular formula is C11H22O3. The molecule has 14 heavy (non-hydrogen) atoms. The minimum absolute atomic E-state index is 0.318. The van der Waals surface area contributed by atoms with E-state index in [0.717, 1.165) is 0 Å². The summed E-state index contributed by atoms with van der Waals surface area (Å²) in [6.07, 6.45) is 1.78. The van der Waals surface area contributed by atoms with Crippen molar-refractivity contribution in [2.24, 2.45) is 11.8 Å². The molecule has 3 heteroatoms. The molecule has 0 rings (SSSR count). The topological polar surface area (TPSA) is 57.5 Å². The average Bonchev–Trinajstić information content (AvgIpc) is 1.94. The summed E-state index contributed by atoms with van der Waals surface area (Å²) in [6.45, 7) is 7.45. The average molecular weight is 202 g/mol. The zero-order valence-electron chi connectivity index (χ0n) is 9.58. The summed E-state index contributed by atoms with van der Waals surface area (Å²) in [7, 11) is 0. The SMILES string of the molecule is CC(C)CC(CCC(C)(C)O)C(=O)O. The van der Waals surface area contributed by atoms with Gasteiger partial charge in [-0.1, -0.05) is 13.8 Å². The zero-order chi connectivity index (χ0) is 11.4. The standard InChI is InChI=1S/C11H22O3/c1-8(2)7-9(10(12)13)5-6-11(3,4)14/h8-9,14H,5-7H2,1-4H3,(H,12,13). The highest BCUT2D eigenvalue weighted by Crippen LogP contribution is 2.21. The zero-order valence-corrected chi connectivity index (χ0v) is 9.58. The number of aliphatic hydroxyl groups is 1. The summed E-state index contributed by atoms with van der Waals surface area (Å²) < 4.78 is 0. The second kappa shape index (κ2) is 5.35. The first-order valence-corrected chi connectivity index (χ1v) is 5.17. The van der Waals surface area contributed by atoms with Crippen LogP contribution in [0.1, 0.15) is 47.0 Å². The van der Waals surface area contributed by atoms with E-state index < -0.39 is 11.6 Å². The molecule has 0 aliphatic rings. The van der Waals surface area contributed by atoms with Gasteiger partial charge in [-0.25, -0.2) is 0 Å². The van der Waals surface area contributed by atoms with E-state index in [2.05, 4.69) is 0 Å². The first-order valence-electron chi connectivity index (χ1n) is 5.17. The highest BCUT2D eigenvalue weighted by molar-refractivity contribution is 5.69. The fourth-order valence-corrected chi connectivity index (χ4v) is 1.44. The van der Waals surface area contributed by atoms with Crippen LogP contribution in [0.5, 0.6) is 0 Å². The number of carboxylic acids is 1. The second-order valence-electron chi connectivity index (χ2n) is 5.02. The van der Waals surface area contributed by atoms with Crippen LogP contribution in [0.3, 0.4) is 0 Å². The predicted molar refractivity (Wildman–Crippen MR) is 56.1 cm³/mol. The Labute approximate surface area is 86.1 Å². The fourth-order valence-electron chi connectivity index (χ4n) is 1.44. The van der Waals surface area contributed by atoms with E-state index in [0.29, 0.717) is 25.2 Å². The van der Waals surface area contributed by atoms with Crippen molar-refractivity contribution in [1.82, 2.24) is 0 Å². The van der Waals surface area contributed by atoms with Crippen molar-refractivity contribution in [3.05, 3.63) is 0 Å². The van der Waals surface area contributed by atoms with E-state index >= 15 is 0 Å². The minimum atomic E-state index is -0.759. The monoisotopic (exact) mass is 202 g/mol. The smallest absolute Gasteiger partial charge is 0.306 e. The molecule has 84 valence electrons. The first kappa shape index (κ1) is 13.4. The van der Waals surface area contributed by atoms with Crippen LogP contribution in [0.25, 0.3) is 0 Å². The molecular weight excluding hydrogens is 180 g/mol. The number of hydrogen-bond donors (Lipinski definition) is 2. The lowest BCUT2D eigenvalue weighted by Gasteiger charge is -2.20. The second-order valence-corrected chi connectivity index (χ2v) is 5.02. The molecule has 0 aromatic carbocycles. The third-order valence-electron chi connectivity index (χ3n) is 2.21. The highest BCUT2D eigenvalue weighted by atomic mass is 16.4. The number of hydrogen-bond acceptors (Lipinski definition) is 2. The summed E-state index contributed by atoms with van der Waals surface area (Å²) in [5.41, 5.74) is -0.759. The van der Waals surface area contributed by atoms with Crippen LogP contribution in [0.2, 0.25) is 0 Å². The third kappa shape index (κ3) is 6.89. The molecule has 0 amide bonds. The van der Waals surface area contributed by atoms with Gasteiger partial charge in [-0.3, -0.25) is 4.79 Å². The van der Waals surface area contributed by atoms with Crippen LogP contribution in [0, 0.1) is 11.8 Å². The Balaban J connectivity index is 4.05. The maximum absolute atomic E-state index is 10.9. The van der Waals surface area contributed by atoms with E-state index in [1.165, 1.54) is 0 Å². The number of carboxylic acid groups (broad SMARTS) is 1. The first-order chi connectivity index (χ1) is 6.22. The van der Waals surface area contributed by atoms with Gasteiger partial charge in [0.15, 0.2) is 0 Å². The van der Waals surface area contributed by atoms with E-state index in [4.69, 9.17) is 5.11 Å². The van der Waals surface area contributed by atoms with Crippen molar-refractivity contribution >= 4 is 5.97 Å². The van der Waals surface area contributed by atoms with Crippen LogP contribution >= 0.6 is 0 Å². The van der Waals surface area contributed by atoms with Gasteiger partial charge in [-0.2, -0.15) is 0 Å². The van der Waals surface area contributed by atoms with Crippen LogP contribution in [0.4, 0.5) is 0 Å². The van der Waals surface area contributed by atoms with Gasteiger partial charge in [-0.15, -0.1) is 0 Å². The Morgan fingerprint density at radius 1 is 1.36 bits per heavy atom. The molecule has 0 aromatic heterocycles. The maximum Gasteiger partial charge on any atom is 0.306 e. The van der Waals surface area contributed by atoms with Crippen LogP contribution < -0.4 is 0 Å². The van der Waals surface area contributed by atoms with E-state index in [1.54, 1.807) is 13.8 Å². The van der Waals surface area contributed by atoms with Crippen molar-refractivity contribution in [2.75, 3.05) is 0 Å². The number of rotatable bonds is 6.